The van der Waals surface area contributed by atoms with Gasteiger partial charge in [-0.1, -0.05) is 45.6 Å². The molecule has 0 fully saturated rings. The van der Waals surface area contributed by atoms with E-state index in [1.807, 2.05) is 45.0 Å². The number of nitrogens with one attached hydrogen (secondary N) is 1. The standard InChI is InChI=1S/C19H21NO3S/c1-5-9-23-14-8-6-7-13(10-14)11-15-18(22)20-17(24-15)12-16(21)19(2,3)4/h5-8,10-12H,1,9H2,2-4H3,(H,20,22)/b15-11+,17-12+. The summed E-state index contributed by atoms with van der Waals surface area (Å²) in [6.45, 7) is 9.58. The minimum Gasteiger partial charge on any atom is -0.490 e. The number of carbonyl (C=O) groups excluding carboxylic acids is 1. The van der Waals surface area contributed by atoms with Crippen LogP contribution in [-0.4, -0.2) is 17.4 Å². The highest BCUT2D eigenvalue weighted by Gasteiger charge is 2.18. The van der Waals surface area contributed by atoms with Crippen molar-refractivity contribution in [3.63, 3.8) is 0 Å². The average molecular weight is 343 g/mol. The first-order valence-corrected chi connectivity index (χ1v) is 8.42. The summed E-state index contributed by atoms with van der Waals surface area (Å²) in [6.07, 6.45) is 4.95. The van der Waals surface area contributed by atoms with Crippen molar-refractivity contribution in [2.24, 2.45) is 5.41 Å². The Kier molecular flexibility index (Phi) is 5.57. The lowest BCUT2D eigenvalue weighted by Crippen LogP contribution is -2.22. The van der Waals surface area contributed by atoms with Crippen LogP contribution in [0.2, 0.25) is 0 Å². The topological polar surface area (TPSA) is 59.2 Å². The molecule has 2 rings (SSSR count). The van der Waals surface area contributed by atoms with E-state index in [0.717, 1.165) is 5.56 Å². The van der Waals surface area contributed by atoms with Crippen molar-refractivity contribution in [1.82, 2.24) is 4.98 Å². The maximum absolute atomic E-state index is 12.1. The lowest BCUT2D eigenvalue weighted by Gasteiger charge is -2.12. The van der Waals surface area contributed by atoms with Gasteiger partial charge in [0.25, 0.3) is 5.56 Å². The Hall–Kier alpha value is -2.40. The summed E-state index contributed by atoms with van der Waals surface area (Å²) < 4.78 is 6.59. The zero-order valence-electron chi connectivity index (χ0n) is 14.1. The molecule has 0 bridgehead atoms. The smallest absolute Gasteiger partial charge is 0.266 e. The summed E-state index contributed by atoms with van der Waals surface area (Å²) in [5.74, 6) is 0.692. The van der Waals surface area contributed by atoms with Crippen LogP contribution in [0.4, 0.5) is 0 Å². The molecule has 2 aromatic rings. The Morgan fingerprint density at radius 3 is 2.79 bits per heavy atom. The van der Waals surface area contributed by atoms with Gasteiger partial charge >= 0.3 is 0 Å². The van der Waals surface area contributed by atoms with Gasteiger partial charge in [-0.25, -0.2) is 0 Å². The first-order valence-electron chi connectivity index (χ1n) is 7.60. The van der Waals surface area contributed by atoms with E-state index in [0.29, 0.717) is 21.6 Å². The van der Waals surface area contributed by atoms with E-state index >= 15 is 0 Å². The van der Waals surface area contributed by atoms with Gasteiger partial charge < -0.3 is 9.72 Å². The van der Waals surface area contributed by atoms with Gasteiger partial charge in [0.15, 0.2) is 5.78 Å². The van der Waals surface area contributed by atoms with Crippen LogP contribution in [0.3, 0.4) is 0 Å². The van der Waals surface area contributed by atoms with Crippen molar-refractivity contribution in [3.8, 4) is 5.75 Å². The van der Waals surface area contributed by atoms with Gasteiger partial charge in [-0.05, 0) is 23.8 Å². The highest BCUT2D eigenvalue weighted by atomic mass is 32.1. The number of ketones is 1. The second kappa shape index (κ2) is 7.45. The third-order valence-corrected chi connectivity index (χ3v) is 4.17. The molecule has 5 heteroatoms. The van der Waals surface area contributed by atoms with E-state index in [1.54, 1.807) is 12.2 Å². The van der Waals surface area contributed by atoms with Crippen molar-refractivity contribution in [1.29, 1.82) is 0 Å². The first-order chi connectivity index (χ1) is 11.3. The molecule has 0 aliphatic rings. The number of carbonyl (C=O) groups is 1. The highest BCUT2D eigenvalue weighted by Crippen LogP contribution is 2.15. The first kappa shape index (κ1) is 17.9. The molecule has 0 amide bonds. The van der Waals surface area contributed by atoms with E-state index < -0.39 is 5.41 Å². The molecule has 1 aromatic carbocycles. The second-order valence-corrected chi connectivity index (χ2v) is 7.44. The Labute approximate surface area is 144 Å². The predicted molar refractivity (Wildman–Crippen MR) is 98.8 cm³/mol. The van der Waals surface area contributed by atoms with E-state index in [4.69, 9.17) is 4.74 Å². The summed E-state index contributed by atoms with van der Waals surface area (Å²) in [5.41, 5.74) is 0.185. The fourth-order valence-electron chi connectivity index (χ4n) is 1.86. The molecule has 0 saturated carbocycles. The molecule has 1 aromatic heterocycles. The summed E-state index contributed by atoms with van der Waals surface area (Å²) >= 11 is 1.27. The van der Waals surface area contributed by atoms with Crippen molar-refractivity contribution in [2.75, 3.05) is 6.61 Å². The number of benzene rings is 1. The maximum atomic E-state index is 12.1. The zero-order valence-corrected chi connectivity index (χ0v) is 14.9. The molecular weight excluding hydrogens is 322 g/mol. The number of aromatic nitrogens is 1. The van der Waals surface area contributed by atoms with Crippen molar-refractivity contribution in [2.45, 2.75) is 20.8 Å². The van der Waals surface area contributed by atoms with Gasteiger partial charge in [0.05, 0.1) is 9.20 Å². The van der Waals surface area contributed by atoms with E-state index in [2.05, 4.69) is 11.6 Å². The van der Waals surface area contributed by atoms with Crippen molar-refractivity contribution < 1.29 is 9.53 Å². The third-order valence-electron chi connectivity index (χ3n) is 3.21. The Bertz CT molecular complexity index is 913. The fourth-order valence-corrected chi connectivity index (χ4v) is 2.75. The van der Waals surface area contributed by atoms with Crippen LogP contribution in [0.15, 0.2) is 41.7 Å². The number of ether oxygens (including phenoxy) is 1. The molecular formula is C19H21NO3S. The average Bonchev–Trinajstić information content (AvgIpc) is 2.84. The Morgan fingerprint density at radius 2 is 2.12 bits per heavy atom. The molecule has 0 radical (unpaired) electrons. The minimum atomic E-state index is -0.471. The lowest BCUT2D eigenvalue weighted by molar-refractivity contribution is -0.119. The SMILES string of the molecule is C=CCOc1cccc(/C=c2/s/c(=C/C(=O)C(C)(C)C)[nH]c2=O)c1. The van der Waals surface area contributed by atoms with Gasteiger partial charge in [0.2, 0.25) is 0 Å². The number of thiazole rings is 1. The maximum Gasteiger partial charge on any atom is 0.266 e. The third kappa shape index (κ3) is 4.80. The monoisotopic (exact) mass is 343 g/mol. The molecule has 0 aliphatic carbocycles. The highest BCUT2D eigenvalue weighted by molar-refractivity contribution is 7.07. The van der Waals surface area contributed by atoms with Gasteiger partial charge in [-0.15, -0.1) is 11.3 Å². The number of Topliss-reactive ketones (excluding diaryl/α,β-unsaturated/α-hetero) is 1. The van der Waals surface area contributed by atoms with Crippen molar-refractivity contribution in [3.05, 3.63) is 62.0 Å². The van der Waals surface area contributed by atoms with Crippen LogP contribution in [0.25, 0.3) is 12.2 Å². The van der Waals surface area contributed by atoms with Crippen molar-refractivity contribution >= 4 is 29.3 Å². The van der Waals surface area contributed by atoms with Gasteiger partial charge in [-0.3, -0.25) is 9.59 Å². The minimum absolute atomic E-state index is 0.0219. The van der Waals surface area contributed by atoms with Crippen LogP contribution in [0, 0.1) is 5.41 Å². The van der Waals surface area contributed by atoms with Crippen LogP contribution in [0.5, 0.6) is 5.75 Å². The number of aromatic amines is 1. The van der Waals surface area contributed by atoms with Gasteiger partial charge in [0, 0.05) is 11.5 Å². The normalized spacial score (nSPS) is 13.1. The van der Waals surface area contributed by atoms with E-state index in [1.165, 1.54) is 17.4 Å². The molecule has 0 aliphatic heterocycles. The second-order valence-electron chi connectivity index (χ2n) is 6.36. The quantitative estimate of drug-likeness (QED) is 0.847. The Balaban J connectivity index is 2.38. The molecule has 1 N–H and O–H groups in total. The zero-order chi connectivity index (χ0) is 17.7. The summed E-state index contributed by atoms with van der Waals surface area (Å²) in [6, 6.07) is 7.46. The van der Waals surface area contributed by atoms with E-state index in [-0.39, 0.29) is 11.3 Å². The van der Waals surface area contributed by atoms with Crippen LogP contribution in [-0.2, 0) is 4.79 Å². The molecule has 4 nitrogen and oxygen atoms in total. The molecule has 126 valence electrons. The van der Waals surface area contributed by atoms with Crippen LogP contribution in [0.1, 0.15) is 26.3 Å². The largest absolute Gasteiger partial charge is 0.490 e. The number of hydrogen-bond donors (Lipinski definition) is 1. The molecule has 1 heterocycles. The van der Waals surface area contributed by atoms with Crippen LogP contribution >= 0.6 is 11.3 Å². The molecule has 0 atom stereocenters. The van der Waals surface area contributed by atoms with Gasteiger partial charge in [0.1, 0.15) is 12.4 Å². The summed E-state index contributed by atoms with van der Waals surface area (Å²) in [4.78, 5) is 26.9. The summed E-state index contributed by atoms with van der Waals surface area (Å²) in [5, 5.41) is 0. The predicted octanol–water partition coefficient (Wildman–Crippen LogP) is 2.23. The molecule has 0 spiro atoms. The molecule has 0 unspecified atom stereocenters. The van der Waals surface area contributed by atoms with Crippen LogP contribution < -0.4 is 19.5 Å². The number of rotatable bonds is 5. The summed E-state index contributed by atoms with van der Waals surface area (Å²) in [7, 11) is 0. The number of hydrogen-bond acceptors (Lipinski definition) is 4. The van der Waals surface area contributed by atoms with Gasteiger partial charge in [-0.2, -0.15) is 0 Å². The lowest BCUT2D eigenvalue weighted by atomic mass is 9.91. The molecule has 24 heavy (non-hydrogen) atoms. The molecule has 0 saturated heterocycles. The Morgan fingerprint density at radius 1 is 1.38 bits per heavy atom. The van der Waals surface area contributed by atoms with E-state index in [9.17, 15) is 9.59 Å². The fraction of sp³-hybridized carbons (Fsp3) is 0.263. The number of H-pyrrole nitrogens is 1.